The maximum absolute atomic E-state index is 11.0. The second kappa shape index (κ2) is 5.27. The summed E-state index contributed by atoms with van der Waals surface area (Å²) in [7, 11) is 0. The molecule has 1 heterocycles. The molecular weight excluding hydrogens is 210 g/mol. The van der Waals surface area contributed by atoms with Gasteiger partial charge in [0.05, 0.1) is 5.60 Å². The zero-order valence-electron chi connectivity index (χ0n) is 11.7. The van der Waals surface area contributed by atoms with Gasteiger partial charge in [-0.3, -0.25) is 0 Å². The van der Waals surface area contributed by atoms with Crippen LogP contribution in [0.3, 0.4) is 0 Å². The fourth-order valence-corrected chi connectivity index (χ4v) is 3.73. The third kappa shape index (κ3) is 3.03. The minimum atomic E-state index is -0.429. The second-order valence-electron chi connectivity index (χ2n) is 6.84. The van der Waals surface area contributed by atoms with E-state index in [2.05, 4.69) is 26.1 Å². The molecule has 2 rings (SSSR count). The molecule has 1 aliphatic carbocycles. The molecule has 17 heavy (non-hydrogen) atoms. The third-order valence-electron chi connectivity index (χ3n) is 5.06. The number of aliphatic hydroxyl groups is 1. The Morgan fingerprint density at radius 2 is 2.06 bits per heavy atom. The molecule has 0 aromatic carbocycles. The van der Waals surface area contributed by atoms with Crippen LogP contribution in [0.2, 0.25) is 0 Å². The van der Waals surface area contributed by atoms with E-state index in [0.29, 0.717) is 17.9 Å². The van der Waals surface area contributed by atoms with Crippen molar-refractivity contribution >= 4 is 0 Å². The van der Waals surface area contributed by atoms with Crippen molar-refractivity contribution in [3.8, 4) is 0 Å². The van der Waals surface area contributed by atoms with E-state index >= 15 is 0 Å². The summed E-state index contributed by atoms with van der Waals surface area (Å²) in [6.07, 6.45) is 6.94. The Kier molecular flexibility index (Phi) is 4.14. The molecular formula is C15H29NO. The van der Waals surface area contributed by atoms with Gasteiger partial charge in [0.1, 0.15) is 0 Å². The normalized spacial score (nSPS) is 43.9. The quantitative estimate of drug-likeness (QED) is 0.776. The molecule has 0 bridgehead atoms. The fourth-order valence-electron chi connectivity index (χ4n) is 3.73. The van der Waals surface area contributed by atoms with Gasteiger partial charge >= 0.3 is 0 Å². The molecule has 0 aromatic heterocycles. The molecule has 100 valence electrons. The number of rotatable bonds is 2. The first-order chi connectivity index (χ1) is 8.01. The van der Waals surface area contributed by atoms with E-state index in [1.165, 1.54) is 19.3 Å². The molecule has 0 spiro atoms. The molecule has 4 atom stereocenters. The maximum atomic E-state index is 11.0. The number of hydrogen-bond donors (Lipinski definition) is 2. The van der Waals surface area contributed by atoms with Crippen LogP contribution in [0.5, 0.6) is 0 Å². The topological polar surface area (TPSA) is 32.3 Å². The van der Waals surface area contributed by atoms with E-state index in [-0.39, 0.29) is 0 Å². The lowest BCUT2D eigenvalue weighted by atomic mass is 9.68. The number of hydrogen-bond acceptors (Lipinski definition) is 2. The van der Waals surface area contributed by atoms with Gasteiger partial charge in [0.15, 0.2) is 0 Å². The highest BCUT2D eigenvalue weighted by Crippen LogP contribution is 2.40. The highest BCUT2D eigenvalue weighted by atomic mass is 16.3. The van der Waals surface area contributed by atoms with Gasteiger partial charge in [-0.15, -0.1) is 0 Å². The Hall–Kier alpha value is -0.0800. The summed E-state index contributed by atoms with van der Waals surface area (Å²) in [5, 5.41) is 14.5. The molecule has 1 aliphatic heterocycles. The molecule has 2 fully saturated rings. The third-order valence-corrected chi connectivity index (χ3v) is 5.06. The van der Waals surface area contributed by atoms with Gasteiger partial charge in [-0.1, -0.05) is 27.2 Å². The molecule has 2 nitrogen and oxygen atoms in total. The average molecular weight is 239 g/mol. The standard InChI is InChI=1S/C15H29NO/c1-11(2)13-5-4-7-15(17,10-13)14-9-12(3)6-8-16-14/h11-14,16-17H,4-10H2,1-3H3. The highest BCUT2D eigenvalue weighted by molar-refractivity contribution is 4.98. The molecule has 2 aliphatic rings. The molecule has 2 N–H and O–H groups in total. The van der Waals surface area contributed by atoms with Gasteiger partial charge in [0.2, 0.25) is 0 Å². The molecule has 1 saturated carbocycles. The summed E-state index contributed by atoms with van der Waals surface area (Å²) in [6, 6.07) is 0.341. The van der Waals surface area contributed by atoms with Crippen LogP contribution in [0.25, 0.3) is 0 Å². The minimum Gasteiger partial charge on any atom is -0.388 e. The van der Waals surface area contributed by atoms with Crippen LogP contribution in [-0.2, 0) is 0 Å². The van der Waals surface area contributed by atoms with Crippen LogP contribution in [0.15, 0.2) is 0 Å². The Bertz CT molecular complexity index is 253. The van der Waals surface area contributed by atoms with Crippen LogP contribution in [-0.4, -0.2) is 23.3 Å². The lowest BCUT2D eigenvalue weighted by molar-refractivity contribution is -0.0643. The van der Waals surface area contributed by atoms with Crippen molar-refractivity contribution in [2.75, 3.05) is 6.54 Å². The zero-order valence-corrected chi connectivity index (χ0v) is 11.7. The summed E-state index contributed by atoms with van der Waals surface area (Å²) in [5.41, 5.74) is -0.429. The van der Waals surface area contributed by atoms with Gasteiger partial charge in [-0.25, -0.2) is 0 Å². The zero-order chi connectivity index (χ0) is 12.5. The Labute approximate surface area is 106 Å². The van der Waals surface area contributed by atoms with Crippen LogP contribution in [0.4, 0.5) is 0 Å². The largest absolute Gasteiger partial charge is 0.388 e. The summed E-state index contributed by atoms with van der Waals surface area (Å²) in [5.74, 6) is 2.19. The van der Waals surface area contributed by atoms with Crippen molar-refractivity contribution in [2.45, 2.75) is 70.9 Å². The van der Waals surface area contributed by atoms with Crippen LogP contribution in [0, 0.1) is 17.8 Å². The first-order valence-corrected chi connectivity index (χ1v) is 7.47. The number of nitrogens with one attached hydrogen (secondary N) is 1. The van der Waals surface area contributed by atoms with E-state index < -0.39 is 5.60 Å². The average Bonchev–Trinajstić information content (AvgIpc) is 2.29. The van der Waals surface area contributed by atoms with Crippen molar-refractivity contribution in [1.82, 2.24) is 5.32 Å². The van der Waals surface area contributed by atoms with Gasteiger partial charge in [0, 0.05) is 6.04 Å². The number of piperidine rings is 1. The predicted octanol–water partition coefficient (Wildman–Crippen LogP) is 2.95. The van der Waals surface area contributed by atoms with Crippen molar-refractivity contribution in [3.63, 3.8) is 0 Å². The SMILES string of the molecule is CC1CCNC(C2(O)CCCC(C(C)C)C2)C1. The van der Waals surface area contributed by atoms with Gasteiger partial charge in [-0.2, -0.15) is 0 Å². The molecule has 0 aromatic rings. The highest BCUT2D eigenvalue weighted by Gasteiger charge is 2.42. The minimum absolute atomic E-state index is 0.341. The van der Waals surface area contributed by atoms with Crippen molar-refractivity contribution < 1.29 is 5.11 Å². The molecule has 0 amide bonds. The van der Waals surface area contributed by atoms with E-state index in [9.17, 15) is 5.11 Å². The van der Waals surface area contributed by atoms with E-state index in [1.807, 2.05) is 0 Å². The second-order valence-corrected chi connectivity index (χ2v) is 6.84. The summed E-state index contributed by atoms with van der Waals surface area (Å²) in [6.45, 7) is 8.00. The van der Waals surface area contributed by atoms with Gasteiger partial charge in [0.25, 0.3) is 0 Å². The maximum Gasteiger partial charge on any atom is 0.0802 e. The Morgan fingerprint density at radius 3 is 2.71 bits per heavy atom. The van der Waals surface area contributed by atoms with Crippen LogP contribution >= 0.6 is 0 Å². The Balaban J connectivity index is 2.01. The van der Waals surface area contributed by atoms with E-state index in [4.69, 9.17) is 0 Å². The summed E-state index contributed by atoms with van der Waals surface area (Å²) >= 11 is 0. The predicted molar refractivity (Wildman–Crippen MR) is 71.9 cm³/mol. The first-order valence-electron chi connectivity index (χ1n) is 7.47. The van der Waals surface area contributed by atoms with Crippen LogP contribution in [0.1, 0.15) is 59.3 Å². The van der Waals surface area contributed by atoms with Crippen LogP contribution < -0.4 is 5.32 Å². The van der Waals surface area contributed by atoms with Gasteiger partial charge in [-0.05, 0) is 56.4 Å². The molecule has 4 unspecified atom stereocenters. The molecule has 2 heteroatoms. The monoisotopic (exact) mass is 239 g/mol. The van der Waals surface area contributed by atoms with Crippen molar-refractivity contribution in [2.24, 2.45) is 17.8 Å². The lowest BCUT2D eigenvalue weighted by Crippen LogP contribution is -2.56. The first kappa shape index (κ1) is 13.4. The summed E-state index contributed by atoms with van der Waals surface area (Å²) < 4.78 is 0. The molecule has 0 radical (unpaired) electrons. The summed E-state index contributed by atoms with van der Waals surface area (Å²) in [4.78, 5) is 0. The van der Waals surface area contributed by atoms with E-state index in [1.54, 1.807) is 0 Å². The van der Waals surface area contributed by atoms with E-state index in [0.717, 1.165) is 31.7 Å². The van der Waals surface area contributed by atoms with Crippen molar-refractivity contribution in [1.29, 1.82) is 0 Å². The Morgan fingerprint density at radius 1 is 1.29 bits per heavy atom. The molecule has 1 saturated heterocycles. The lowest BCUT2D eigenvalue weighted by Gasteiger charge is -2.46. The van der Waals surface area contributed by atoms with Gasteiger partial charge < -0.3 is 10.4 Å². The van der Waals surface area contributed by atoms with Crippen molar-refractivity contribution in [3.05, 3.63) is 0 Å². The fraction of sp³-hybridized carbons (Fsp3) is 1.00. The smallest absolute Gasteiger partial charge is 0.0802 e.